The molecule has 21 heavy (non-hydrogen) atoms. The van der Waals surface area contributed by atoms with Gasteiger partial charge in [-0.2, -0.15) is 0 Å². The third kappa shape index (κ3) is 2.79. The van der Waals surface area contributed by atoms with Crippen LogP contribution in [0.3, 0.4) is 0 Å². The van der Waals surface area contributed by atoms with E-state index in [1.165, 1.54) is 12.0 Å². The van der Waals surface area contributed by atoms with E-state index in [4.69, 9.17) is 34.8 Å². The van der Waals surface area contributed by atoms with Crippen LogP contribution in [0.4, 0.5) is 5.69 Å². The van der Waals surface area contributed by atoms with Crippen LogP contribution < -0.4 is 4.90 Å². The van der Waals surface area contributed by atoms with Gasteiger partial charge < -0.3 is 4.74 Å². The largest absolute Gasteiger partial charge is 0.465 e. The molecule has 0 bridgehead atoms. The lowest BCUT2D eigenvalue weighted by atomic mass is 10.1. The molecule has 2 rings (SSSR count). The topological polar surface area (TPSA) is 46.6 Å². The molecule has 110 valence electrons. The Hall–Kier alpha value is -1.49. The Labute approximate surface area is 136 Å². The molecule has 0 radical (unpaired) electrons. The summed E-state index contributed by atoms with van der Waals surface area (Å²) >= 11 is 17.9. The molecule has 0 spiro atoms. The molecular formula is C14H10Cl3NO3. The van der Waals surface area contributed by atoms with Gasteiger partial charge in [-0.3, -0.25) is 9.69 Å². The molecule has 0 atom stereocenters. The fraction of sp³-hybridized carbons (Fsp3) is 0.143. The van der Waals surface area contributed by atoms with Crippen LogP contribution in [0.1, 0.15) is 5.56 Å². The van der Waals surface area contributed by atoms with Gasteiger partial charge in [0.05, 0.1) is 29.1 Å². The van der Waals surface area contributed by atoms with Crippen LogP contribution >= 0.6 is 34.8 Å². The smallest absolute Gasteiger partial charge is 0.340 e. The van der Waals surface area contributed by atoms with Crippen LogP contribution in [-0.4, -0.2) is 19.0 Å². The SMILES string of the molecule is COC(=O)C1=CC(=O)N(c2c(C)cccc2Cl)C1=C(Cl)Cl. The number of aryl methyl sites for hydroxylation is 1. The molecule has 1 aliphatic rings. The van der Waals surface area contributed by atoms with Crippen molar-refractivity contribution < 1.29 is 14.3 Å². The molecule has 7 heteroatoms. The zero-order valence-corrected chi connectivity index (χ0v) is 13.4. The second-order valence-corrected chi connectivity index (χ2v) is 5.59. The van der Waals surface area contributed by atoms with E-state index in [2.05, 4.69) is 4.74 Å². The van der Waals surface area contributed by atoms with Crippen molar-refractivity contribution in [3.05, 3.63) is 50.6 Å². The summed E-state index contributed by atoms with van der Waals surface area (Å²) in [6.07, 6.45) is 1.12. The number of halogens is 3. The molecule has 1 aromatic rings. The predicted molar refractivity (Wildman–Crippen MR) is 82.5 cm³/mol. The van der Waals surface area contributed by atoms with Crippen molar-refractivity contribution in [2.24, 2.45) is 0 Å². The average Bonchev–Trinajstić information content (AvgIpc) is 2.76. The zero-order chi connectivity index (χ0) is 15.7. The van der Waals surface area contributed by atoms with Gasteiger partial charge in [-0.15, -0.1) is 0 Å². The minimum atomic E-state index is -0.704. The van der Waals surface area contributed by atoms with Crippen LogP contribution in [0.15, 0.2) is 40.0 Å². The van der Waals surface area contributed by atoms with Crippen molar-refractivity contribution in [2.45, 2.75) is 6.92 Å². The second kappa shape index (κ2) is 6.10. The molecule has 0 saturated heterocycles. The van der Waals surface area contributed by atoms with Gasteiger partial charge in [-0.25, -0.2) is 4.79 Å². The number of carbonyl (C=O) groups excluding carboxylic acids is 2. The maximum Gasteiger partial charge on any atom is 0.340 e. The van der Waals surface area contributed by atoms with Gasteiger partial charge in [0.1, 0.15) is 4.49 Å². The fourth-order valence-electron chi connectivity index (χ4n) is 2.07. The summed E-state index contributed by atoms with van der Waals surface area (Å²) in [6, 6.07) is 5.17. The first kappa shape index (κ1) is 15.9. The fourth-order valence-corrected chi connectivity index (χ4v) is 2.75. The van der Waals surface area contributed by atoms with Gasteiger partial charge in [-0.1, -0.05) is 46.9 Å². The highest BCUT2D eigenvalue weighted by Crippen LogP contribution is 2.40. The van der Waals surface area contributed by atoms with Crippen molar-refractivity contribution >= 4 is 52.4 Å². The number of rotatable bonds is 2. The molecule has 0 saturated carbocycles. The number of carbonyl (C=O) groups is 2. The Morgan fingerprint density at radius 2 is 1.95 bits per heavy atom. The summed E-state index contributed by atoms with van der Waals surface area (Å²) in [4.78, 5) is 25.2. The van der Waals surface area contributed by atoms with E-state index in [1.54, 1.807) is 25.1 Å². The van der Waals surface area contributed by atoms with Gasteiger partial charge >= 0.3 is 5.97 Å². The minimum absolute atomic E-state index is 0.0122. The van der Waals surface area contributed by atoms with Gasteiger partial charge in [0.2, 0.25) is 0 Å². The highest BCUT2D eigenvalue weighted by Gasteiger charge is 2.36. The molecule has 1 heterocycles. The molecule has 0 fully saturated rings. The van der Waals surface area contributed by atoms with Gasteiger partial charge in [0.25, 0.3) is 5.91 Å². The quantitative estimate of drug-likeness (QED) is 0.766. The van der Waals surface area contributed by atoms with Gasteiger partial charge in [-0.05, 0) is 18.6 Å². The van der Waals surface area contributed by atoms with Gasteiger partial charge in [0, 0.05) is 6.08 Å². The zero-order valence-electron chi connectivity index (χ0n) is 11.1. The first-order valence-electron chi connectivity index (χ1n) is 5.83. The van der Waals surface area contributed by atoms with Crippen molar-refractivity contribution in [1.29, 1.82) is 0 Å². The van der Waals surface area contributed by atoms with Crippen LogP contribution in [0, 0.1) is 6.92 Å². The number of benzene rings is 1. The summed E-state index contributed by atoms with van der Waals surface area (Å²) in [5.74, 6) is -1.18. The number of para-hydroxylation sites is 1. The Kier molecular flexibility index (Phi) is 4.61. The third-order valence-corrected chi connectivity index (χ3v) is 3.63. The summed E-state index contributed by atoms with van der Waals surface area (Å²) in [7, 11) is 1.21. The van der Waals surface area contributed by atoms with E-state index in [1.807, 2.05) is 0 Å². The summed E-state index contributed by atoms with van der Waals surface area (Å²) in [6.45, 7) is 1.78. The number of hydrogen-bond donors (Lipinski definition) is 0. The van der Waals surface area contributed by atoms with E-state index < -0.39 is 11.9 Å². The van der Waals surface area contributed by atoms with E-state index in [0.717, 1.165) is 11.6 Å². The van der Waals surface area contributed by atoms with Crippen LogP contribution in [0.5, 0.6) is 0 Å². The molecule has 4 nitrogen and oxygen atoms in total. The van der Waals surface area contributed by atoms with E-state index >= 15 is 0 Å². The number of methoxy groups -OCH3 is 1. The third-order valence-electron chi connectivity index (χ3n) is 2.96. The molecular weight excluding hydrogens is 337 g/mol. The van der Waals surface area contributed by atoms with Crippen molar-refractivity contribution in [3.63, 3.8) is 0 Å². The molecule has 0 aliphatic carbocycles. The molecule has 1 aliphatic heterocycles. The highest BCUT2D eigenvalue weighted by molar-refractivity contribution is 6.57. The maximum atomic E-state index is 12.3. The second-order valence-electron chi connectivity index (χ2n) is 4.24. The first-order chi connectivity index (χ1) is 9.88. The van der Waals surface area contributed by atoms with Crippen molar-refractivity contribution in [2.75, 3.05) is 12.0 Å². The Morgan fingerprint density at radius 3 is 2.48 bits per heavy atom. The van der Waals surface area contributed by atoms with E-state index in [9.17, 15) is 9.59 Å². The van der Waals surface area contributed by atoms with Crippen molar-refractivity contribution in [3.8, 4) is 0 Å². The predicted octanol–water partition coefficient (Wildman–Crippen LogP) is 3.74. The highest BCUT2D eigenvalue weighted by atomic mass is 35.5. The molecule has 1 aromatic carbocycles. The normalized spacial score (nSPS) is 14.3. The summed E-state index contributed by atoms with van der Waals surface area (Å²) in [5.41, 5.74) is 1.21. The van der Waals surface area contributed by atoms with Crippen molar-refractivity contribution in [1.82, 2.24) is 0 Å². The number of hydrogen-bond acceptors (Lipinski definition) is 3. The molecule has 0 aromatic heterocycles. The summed E-state index contributed by atoms with van der Waals surface area (Å²) < 4.78 is 4.41. The molecule has 0 N–H and O–H groups in total. The minimum Gasteiger partial charge on any atom is -0.465 e. The Morgan fingerprint density at radius 1 is 1.29 bits per heavy atom. The standard InChI is InChI=1S/C14H10Cl3NO3/c1-7-4-3-5-9(15)11(7)18-10(19)6-8(14(20)21-2)12(18)13(16)17/h3-6H,1-2H3. The lowest BCUT2D eigenvalue weighted by Gasteiger charge is -2.22. The average molecular weight is 347 g/mol. The van der Waals surface area contributed by atoms with E-state index in [-0.39, 0.29) is 15.8 Å². The maximum absolute atomic E-state index is 12.3. The number of anilines is 1. The Balaban J connectivity index is 2.64. The number of nitrogens with zero attached hydrogens (tertiary/aromatic N) is 1. The lowest BCUT2D eigenvalue weighted by Crippen LogP contribution is -2.26. The number of amides is 1. The van der Waals surface area contributed by atoms with Gasteiger partial charge in [0.15, 0.2) is 0 Å². The molecule has 1 amide bonds. The molecule has 0 unspecified atom stereocenters. The first-order valence-corrected chi connectivity index (χ1v) is 6.96. The van der Waals surface area contributed by atoms with Crippen LogP contribution in [0.25, 0.3) is 0 Å². The lowest BCUT2D eigenvalue weighted by molar-refractivity contribution is -0.135. The van der Waals surface area contributed by atoms with Crippen LogP contribution in [0.2, 0.25) is 5.02 Å². The number of esters is 1. The summed E-state index contributed by atoms with van der Waals surface area (Å²) in [5, 5.41) is 0.343. The monoisotopic (exact) mass is 345 g/mol. The number of ether oxygens (including phenoxy) is 1. The van der Waals surface area contributed by atoms with Crippen LogP contribution in [-0.2, 0) is 14.3 Å². The Bertz CT molecular complexity index is 670. The van der Waals surface area contributed by atoms with E-state index in [0.29, 0.717) is 10.7 Å².